The Labute approximate surface area is 147 Å². The van der Waals surface area contributed by atoms with Crippen molar-refractivity contribution in [3.8, 4) is 0 Å². The molecule has 128 valence electrons. The van der Waals surface area contributed by atoms with E-state index >= 15 is 0 Å². The smallest absolute Gasteiger partial charge is 0.225 e. The molecule has 0 bridgehead atoms. The molecule has 3 rings (SSSR count). The third kappa shape index (κ3) is 3.93. The van der Waals surface area contributed by atoms with Gasteiger partial charge in [-0.1, -0.05) is 19.9 Å². The molecule has 0 aromatic carbocycles. The van der Waals surface area contributed by atoms with E-state index in [2.05, 4.69) is 45.5 Å². The van der Waals surface area contributed by atoms with Crippen LogP contribution in [0.3, 0.4) is 0 Å². The average Bonchev–Trinajstić information content (AvgIpc) is 3.14. The molecule has 2 unspecified atom stereocenters. The highest BCUT2D eigenvalue weighted by Gasteiger charge is 2.29. The van der Waals surface area contributed by atoms with Gasteiger partial charge >= 0.3 is 0 Å². The van der Waals surface area contributed by atoms with Crippen LogP contribution in [0.4, 0.5) is 5.82 Å². The molecule has 1 fully saturated rings. The van der Waals surface area contributed by atoms with Crippen molar-refractivity contribution in [1.82, 2.24) is 15.3 Å². The fourth-order valence-corrected chi connectivity index (χ4v) is 4.11. The molecule has 3 heterocycles. The fourth-order valence-electron chi connectivity index (χ4n) is 3.16. The van der Waals surface area contributed by atoms with Crippen LogP contribution < -0.4 is 10.2 Å². The van der Waals surface area contributed by atoms with Crippen molar-refractivity contribution in [1.29, 1.82) is 0 Å². The predicted octanol–water partition coefficient (Wildman–Crippen LogP) is 3.27. The number of thiophene rings is 1. The van der Waals surface area contributed by atoms with Crippen LogP contribution in [0.25, 0.3) is 0 Å². The first kappa shape index (κ1) is 16.9. The second-order valence-corrected chi connectivity index (χ2v) is 7.57. The van der Waals surface area contributed by atoms with E-state index in [1.165, 1.54) is 4.88 Å². The average molecular weight is 344 g/mol. The monoisotopic (exact) mass is 344 g/mol. The summed E-state index contributed by atoms with van der Waals surface area (Å²) in [6, 6.07) is 4.23. The van der Waals surface area contributed by atoms with E-state index in [1.807, 2.05) is 6.07 Å². The highest BCUT2D eigenvalue weighted by Crippen LogP contribution is 2.27. The van der Waals surface area contributed by atoms with Gasteiger partial charge in [0.2, 0.25) is 5.91 Å². The molecule has 0 spiro atoms. The van der Waals surface area contributed by atoms with Crippen molar-refractivity contribution in [2.75, 3.05) is 18.0 Å². The number of nitrogens with zero attached hydrogens (tertiary/aromatic N) is 3. The van der Waals surface area contributed by atoms with Crippen molar-refractivity contribution in [2.45, 2.75) is 32.7 Å². The zero-order chi connectivity index (χ0) is 16.9. The van der Waals surface area contributed by atoms with Gasteiger partial charge in [0.15, 0.2) is 0 Å². The van der Waals surface area contributed by atoms with Gasteiger partial charge in [-0.15, -0.1) is 11.3 Å². The topological polar surface area (TPSA) is 58.1 Å². The van der Waals surface area contributed by atoms with E-state index in [-0.39, 0.29) is 17.9 Å². The number of anilines is 1. The van der Waals surface area contributed by atoms with Gasteiger partial charge in [-0.2, -0.15) is 0 Å². The van der Waals surface area contributed by atoms with Gasteiger partial charge in [0.1, 0.15) is 5.82 Å². The van der Waals surface area contributed by atoms with Gasteiger partial charge in [-0.05, 0) is 30.2 Å². The lowest BCUT2D eigenvalue weighted by atomic mass is 9.95. The molecule has 2 aromatic heterocycles. The second kappa shape index (κ2) is 7.75. The van der Waals surface area contributed by atoms with Crippen LogP contribution in [0.15, 0.2) is 36.1 Å². The summed E-state index contributed by atoms with van der Waals surface area (Å²) in [5.41, 5.74) is 0. The van der Waals surface area contributed by atoms with Crippen LogP contribution in [0.1, 0.15) is 37.6 Å². The summed E-state index contributed by atoms with van der Waals surface area (Å²) in [5, 5.41) is 5.33. The van der Waals surface area contributed by atoms with Gasteiger partial charge in [-0.3, -0.25) is 9.78 Å². The van der Waals surface area contributed by atoms with Crippen molar-refractivity contribution >= 4 is 23.1 Å². The standard InChI is InChI=1S/C18H24N4OS/c1-13(2)17(15-6-4-10-24-15)21-18(23)14-5-3-9-22(12-14)16-11-19-7-8-20-16/h4,6-8,10-11,13-14,17H,3,5,9,12H2,1-2H3,(H,21,23). The van der Waals surface area contributed by atoms with Crippen LogP contribution >= 0.6 is 11.3 Å². The number of amides is 1. The molecule has 0 radical (unpaired) electrons. The van der Waals surface area contributed by atoms with Crippen molar-refractivity contribution in [2.24, 2.45) is 11.8 Å². The van der Waals surface area contributed by atoms with Crippen molar-refractivity contribution in [3.05, 3.63) is 41.0 Å². The lowest BCUT2D eigenvalue weighted by Crippen LogP contribution is -2.45. The van der Waals surface area contributed by atoms with E-state index < -0.39 is 0 Å². The maximum Gasteiger partial charge on any atom is 0.225 e. The summed E-state index contributed by atoms with van der Waals surface area (Å²) < 4.78 is 0. The van der Waals surface area contributed by atoms with Gasteiger partial charge < -0.3 is 10.2 Å². The molecule has 1 amide bonds. The van der Waals surface area contributed by atoms with Gasteiger partial charge in [0.05, 0.1) is 18.2 Å². The second-order valence-electron chi connectivity index (χ2n) is 6.59. The summed E-state index contributed by atoms with van der Waals surface area (Å²) in [7, 11) is 0. The van der Waals surface area contributed by atoms with Crippen LogP contribution in [0.2, 0.25) is 0 Å². The Bertz CT molecular complexity index is 644. The molecule has 2 atom stereocenters. The molecule has 2 aromatic rings. The van der Waals surface area contributed by atoms with Crippen LogP contribution in [-0.2, 0) is 4.79 Å². The number of aromatic nitrogens is 2. The largest absolute Gasteiger partial charge is 0.355 e. The van der Waals surface area contributed by atoms with Crippen molar-refractivity contribution in [3.63, 3.8) is 0 Å². The highest BCUT2D eigenvalue weighted by molar-refractivity contribution is 7.10. The molecule has 0 aliphatic carbocycles. The molecular formula is C18H24N4OS. The molecule has 24 heavy (non-hydrogen) atoms. The van der Waals surface area contributed by atoms with E-state index in [0.29, 0.717) is 12.5 Å². The number of carbonyl (C=O) groups is 1. The SMILES string of the molecule is CC(C)C(NC(=O)C1CCCN(c2cnccn2)C1)c1cccs1. The Hall–Kier alpha value is -1.95. The third-order valence-electron chi connectivity index (χ3n) is 4.48. The normalized spacial score (nSPS) is 19.3. The molecule has 5 nitrogen and oxygen atoms in total. The minimum Gasteiger partial charge on any atom is -0.355 e. The first-order valence-corrected chi connectivity index (χ1v) is 9.38. The zero-order valence-electron chi connectivity index (χ0n) is 14.2. The predicted molar refractivity (Wildman–Crippen MR) is 97.0 cm³/mol. The number of carbonyl (C=O) groups excluding carboxylic acids is 1. The number of hydrogen-bond acceptors (Lipinski definition) is 5. The highest BCUT2D eigenvalue weighted by atomic mass is 32.1. The molecule has 0 saturated carbocycles. The van der Waals surface area contributed by atoms with E-state index in [1.54, 1.807) is 29.9 Å². The van der Waals surface area contributed by atoms with E-state index in [0.717, 1.165) is 25.2 Å². The summed E-state index contributed by atoms with van der Waals surface area (Å²) in [6.07, 6.45) is 7.07. The third-order valence-corrected chi connectivity index (χ3v) is 5.44. The first-order chi connectivity index (χ1) is 11.6. The molecule has 1 N–H and O–H groups in total. The summed E-state index contributed by atoms with van der Waals surface area (Å²) in [4.78, 5) is 24.7. The maximum absolute atomic E-state index is 12.8. The number of piperidine rings is 1. The van der Waals surface area contributed by atoms with Gasteiger partial charge in [0, 0.05) is 30.4 Å². The summed E-state index contributed by atoms with van der Waals surface area (Å²) in [6.45, 7) is 5.94. The van der Waals surface area contributed by atoms with Crippen LogP contribution in [0, 0.1) is 11.8 Å². The molecule has 1 saturated heterocycles. The molecule has 1 aliphatic rings. The van der Waals surface area contributed by atoms with Crippen LogP contribution in [0.5, 0.6) is 0 Å². The zero-order valence-corrected chi connectivity index (χ0v) is 15.0. The number of nitrogens with one attached hydrogen (secondary N) is 1. The quantitative estimate of drug-likeness (QED) is 0.904. The molecule has 1 aliphatic heterocycles. The number of hydrogen-bond donors (Lipinski definition) is 1. The Morgan fingerprint density at radius 3 is 2.96 bits per heavy atom. The van der Waals surface area contributed by atoms with Gasteiger partial charge in [-0.25, -0.2) is 4.98 Å². The van der Waals surface area contributed by atoms with Crippen LogP contribution in [-0.4, -0.2) is 29.0 Å². The Balaban J connectivity index is 1.66. The number of rotatable bonds is 5. The minimum absolute atomic E-state index is 0.00182. The minimum atomic E-state index is 0.00182. The Kier molecular flexibility index (Phi) is 5.45. The maximum atomic E-state index is 12.8. The van der Waals surface area contributed by atoms with Crippen molar-refractivity contribution < 1.29 is 4.79 Å². The summed E-state index contributed by atoms with van der Waals surface area (Å²) >= 11 is 1.70. The summed E-state index contributed by atoms with van der Waals surface area (Å²) in [5.74, 6) is 1.37. The Morgan fingerprint density at radius 2 is 2.29 bits per heavy atom. The molecule has 6 heteroatoms. The first-order valence-electron chi connectivity index (χ1n) is 8.50. The molecular weight excluding hydrogens is 320 g/mol. The van der Waals surface area contributed by atoms with E-state index in [9.17, 15) is 4.79 Å². The lowest BCUT2D eigenvalue weighted by Gasteiger charge is -2.33. The lowest BCUT2D eigenvalue weighted by molar-refractivity contribution is -0.126. The van der Waals surface area contributed by atoms with Gasteiger partial charge in [0.25, 0.3) is 0 Å². The Morgan fingerprint density at radius 1 is 1.42 bits per heavy atom. The fraction of sp³-hybridized carbons (Fsp3) is 0.500. The van der Waals surface area contributed by atoms with E-state index in [4.69, 9.17) is 0 Å².